The molecule has 1 fully saturated rings. The van der Waals surface area contributed by atoms with Gasteiger partial charge in [-0.1, -0.05) is 150 Å². The number of carbonyl (C=O) groups excluding carboxylic acids is 2. The molecule has 0 amide bonds. The summed E-state index contributed by atoms with van der Waals surface area (Å²) in [5, 5.41) is 30.9. The fraction of sp³-hybridized carbons (Fsp3) is 0.615. The van der Waals surface area contributed by atoms with Crippen molar-refractivity contribution in [1.82, 2.24) is 9.55 Å². The number of aliphatic hydroxyl groups is 3. The van der Waals surface area contributed by atoms with Crippen LogP contribution in [0.2, 0.25) is 0 Å². The second kappa shape index (κ2) is 39.3. The molecule has 73 heavy (non-hydrogen) atoms. The normalized spacial score (nSPS) is 20.1. The van der Waals surface area contributed by atoms with Gasteiger partial charge in [0.2, 0.25) is 0 Å². The fourth-order valence-electron chi connectivity index (χ4n) is 7.02. The lowest BCUT2D eigenvalue weighted by molar-refractivity contribution is -0.161. The van der Waals surface area contributed by atoms with Gasteiger partial charge in [-0.25, -0.2) is 13.9 Å². The first kappa shape index (κ1) is 65.0. The van der Waals surface area contributed by atoms with E-state index in [2.05, 4.69) is 47.4 Å². The molecule has 2 rings (SSSR count). The van der Waals surface area contributed by atoms with Crippen LogP contribution >= 0.6 is 15.6 Å². The van der Waals surface area contributed by atoms with Crippen molar-refractivity contribution >= 4 is 33.4 Å². The number of nitrogens with zero attached hydrogens (tertiary/aromatic N) is 2. The first-order valence-corrected chi connectivity index (χ1v) is 28.7. The zero-order chi connectivity index (χ0) is 53.6. The first-order valence-electron chi connectivity index (χ1n) is 25.7. The molecule has 0 aliphatic carbocycles. The molecule has 8 atom stereocenters. The van der Waals surface area contributed by atoms with E-state index in [-0.39, 0.29) is 18.7 Å². The number of rotatable bonds is 41. The number of ether oxygens (including phenoxy) is 3. The lowest BCUT2D eigenvalue weighted by atomic mass is 10.1. The molecular formula is C52H83N3O16P2. The van der Waals surface area contributed by atoms with Crippen LogP contribution in [-0.2, 0) is 46.3 Å². The Kier molecular flexibility index (Phi) is 35.0. The second-order valence-corrected chi connectivity index (χ2v) is 20.6. The van der Waals surface area contributed by atoms with E-state index in [1.165, 1.54) is 44.6 Å². The van der Waals surface area contributed by atoms with E-state index in [1.54, 1.807) is 6.08 Å². The van der Waals surface area contributed by atoms with Crippen molar-refractivity contribution in [2.45, 2.75) is 185 Å². The fourth-order valence-corrected chi connectivity index (χ4v) is 9.13. The number of aromatic nitrogens is 2. The standard InChI is InChI=1S/C52H83N3O16P2/c1-3-5-7-8-9-10-11-12-13-14-15-16-19-22-25-28-32-36-47(57)66-40-44(69-48(58)37-33-29-26-23-20-17-18-21-24-27-31-35-43(56)34-30-6-4-2)41-67-72(62,63)71-73(64,65)68-42-45-49(59)50(60)51(70-45)55-39-38-46(53)54-52(55)61/h12-13,15-18,22-27,31,35,38-39,43-45,49-51,56,59-60H,3-11,14,19-21,28-30,32-34,36-37,40-42H2,1-2H3,(H,62,63)(H,64,65)(H2,53,54,61)/b13-12-,16-15-,18-17-,25-22-,26-23-,27-24-,35-31+/t43-,44+,45+,49+,50+,51+/m0/s1. The molecule has 0 saturated carbocycles. The van der Waals surface area contributed by atoms with Crippen molar-refractivity contribution < 1.29 is 71.4 Å². The predicted molar refractivity (Wildman–Crippen MR) is 281 cm³/mol. The highest BCUT2D eigenvalue weighted by Crippen LogP contribution is 2.60. The Morgan fingerprint density at radius 1 is 0.726 bits per heavy atom. The molecule has 0 aromatic carbocycles. The Morgan fingerprint density at radius 3 is 1.90 bits per heavy atom. The Hall–Kier alpha value is -4.10. The number of unbranched alkanes of at least 4 members (excludes halogenated alkanes) is 10. The summed E-state index contributed by atoms with van der Waals surface area (Å²) in [6.45, 7) is 1.91. The van der Waals surface area contributed by atoms with Crippen molar-refractivity contribution in [2.24, 2.45) is 0 Å². The predicted octanol–water partition coefficient (Wildman–Crippen LogP) is 9.64. The number of aliphatic hydroxyl groups excluding tert-OH is 3. The molecule has 1 saturated heterocycles. The van der Waals surface area contributed by atoms with Gasteiger partial charge in [0.25, 0.3) is 0 Å². The largest absolute Gasteiger partial charge is 0.481 e. The van der Waals surface area contributed by atoms with E-state index in [0.29, 0.717) is 32.1 Å². The molecule has 2 unspecified atom stereocenters. The third-order valence-electron chi connectivity index (χ3n) is 11.1. The molecule has 412 valence electrons. The minimum Gasteiger partial charge on any atom is -0.462 e. The number of nitrogens with two attached hydrogens (primary N) is 1. The van der Waals surface area contributed by atoms with Gasteiger partial charge in [0.05, 0.1) is 19.3 Å². The van der Waals surface area contributed by atoms with E-state index in [9.17, 15) is 48.6 Å². The SMILES string of the molecule is CCCCCCCC/C=C\C/C=C\C/C=C\CCCC(=O)OC[C@H](COP(=O)(O)OP(=O)(O)OC[C@H]1O[C@@H](n2ccc(N)nc2=O)[C@H](O)[C@@H]1O)OC(=O)CCC/C=C\C/C=C\C/C=C\C=C\[C@@H](O)CCCCC. The number of nitrogen functional groups attached to an aromatic ring is 1. The minimum absolute atomic E-state index is 0.0301. The highest BCUT2D eigenvalue weighted by atomic mass is 31.3. The van der Waals surface area contributed by atoms with Crippen molar-refractivity contribution in [3.05, 3.63) is 108 Å². The molecule has 1 aromatic rings. The summed E-state index contributed by atoms with van der Waals surface area (Å²) in [5.74, 6) is -1.47. The van der Waals surface area contributed by atoms with Gasteiger partial charge in [0.15, 0.2) is 12.3 Å². The van der Waals surface area contributed by atoms with Crippen molar-refractivity contribution in [2.75, 3.05) is 25.6 Å². The van der Waals surface area contributed by atoms with E-state index < -0.39 is 89.8 Å². The van der Waals surface area contributed by atoms with Crippen LogP contribution in [0.1, 0.15) is 155 Å². The Bertz CT molecular complexity index is 2070. The number of carbonyl (C=O) groups is 2. The maximum atomic E-state index is 12.8. The molecule has 0 bridgehead atoms. The van der Waals surface area contributed by atoms with Crippen molar-refractivity contribution in [3.63, 3.8) is 0 Å². The van der Waals surface area contributed by atoms with Gasteiger partial charge in [-0.2, -0.15) is 9.29 Å². The molecule has 1 aliphatic rings. The lowest BCUT2D eigenvalue weighted by Crippen LogP contribution is -2.36. The van der Waals surface area contributed by atoms with E-state index in [1.807, 2.05) is 54.7 Å². The number of hydrogen-bond donors (Lipinski definition) is 6. The lowest BCUT2D eigenvalue weighted by Gasteiger charge is -2.21. The first-order chi connectivity index (χ1) is 35.1. The number of phosphoric ester groups is 2. The Morgan fingerprint density at radius 2 is 1.27 bits per heavy atom. The number of hydrogen-bond acceptors (Lipinski definition) is 16. The van der Waals surface area contributed by atoms with E-state index >= 15 is 0 Å². The maximum Gasteiger partial charge on any atom is 0.481 e. The number of anilines is 1. The molecular weight excluding hydrogens is 985 g/mol. The molecule has 19 nitrogen and oxygen atoms in total. The van der Waals surface area contributed by atoms with Crippen LogP contribution in [0.25, 0.3) is 0 Å². The van der Waals surface area contributed by atoms with Crippen LogP contribution in [0.3, 0.4) is 0 Å². The van der Waals surface area contributed by atoms with Crippen LogP contribution in [0, 0.1) is 0 Å². The highest BCUT2D eigenvalue weighted by molar-refractivity contribution is 7.61. The zero-order valence-corrected chi connectivity index (χ0v) is 44.6. The molecule has 2 heterocycles. The summed E-state index contributed by atoms with van der Waals surface area (Å²) < 4.78 is 56.6. The summed E-state index contributed by atoms with van der Waals surface area (Å²) in [4.78, 5) is 61.9. The Labute approximate surface area is 431 Å². The molecule has 0 spiro atoms. The molecule has 7 N–H and O–H groups in total. The summed E-state index contributed by atoms with van der Waals surface area (Å²) in [7, 11) is -10.9. The Balaban J connectivity index is 1.86. The second-order valence-electron chi connectivity index (χ2n) is 17.5. The third-order valence-corrected chi connectivity index (χ3v) is 13.7. The molecule has 21 heteroatoms. The van der Waals surface area contributed by atoms with Crippen LogP contribution < -0.4 is 11.4 Å². The van der Waals surface area contributed by atoms with Gasteiger partial charge in [0.1, 0.15) is 30.7 Å². The number of allylic oxidation sites excluding steroid dienone is 13. The van der Waals surface area contributed by atoms with Gasteiger partial charge in [-0.05, 0) is 76.7 Å². The summed E-state index contributed by atoms with van der Waals surface area (Å²) in [6.07, 6.45) is 38.6. The summed E-state index contributed by atoms with van der Waals surface area (Å²) in [6, 6.07) is 1.24. The quantitative estimate of drug-likeness (QED) is 0.0117. The van der Waals surface area contributed by atoms with Gasteiger partial charge >= 0.3 is 33.3 Å². The molecule has 1 aliphatic heterocycles. The summed E-state index contributed by atoms with van der Waals surface area (Å²) in [5.41, 5.74) is 4.57. The van der Waals surface area contributed by atoms with Gasteiger partial charge in [0, 0.05) is 19.0 Å². The van der Waals surface area contributed by atoms with Crippen LogP contribution in [0.15, 0.2) is 102 Å². The number of phosphoric acid groups is 2. The van der Waals surface area contributed by atoms with Crippen molar-refractivity contribution in [1.29, 1.82) is 0 Å². The number of esters is 2. The van der Waals surface area contributed by atoms with Crippen LogP contribution in [-0.4, -0.2) is 96.9 Å². The van der Waals surface area contributed by atoms with Crippen LogP contribution in [0.5, 0.6) is 0 Å². The monoisotopic (exact) mass is 1070 g/mol. The molecule has 0 radical (unpaired) electrons. The maximum absolute atomic E-state index is 12.8. The van der Waals surface area contributed by atoms with Gasteiger partial charge in [-0.15, -0.1) is 0 Å². The highest BCUT2D eigenvalue weighted by Gasteiger charge is 2.46. The average Bonchev–Trinajstić information content (AvgIpc) is 3.62. The summed E-state index contributed by atoms with van der Waals surface area (Å²) >= 11 is 0. The average molecular weight is 1070 g/mol. The third kappa shape index (κ3) is 32.1. The topological polar surface area (TPSA) is 286 Å². The van der Waals surface area contributed by atoms with Gasteiger partial charge < -0.3 is 45.1 Å². The van der Waals surface area contributed by atoms with E-state index in [4.69, 9.17) is 29.0 Å². The smallest absolute Gasteiger partial charge is 0.462 e. The zero-order valence-electron chi connectivity index (χ0n) is 42.8. The van der Waals surface area contributed by atoms with E-state index in [0.717, 1.165) is 62.1 Å². The van der Waals surface area contributed by atoms with Gasteiger partial charge in [-0.3, -0.25) is 23.2 Å². The molecule has 1 aromatic heterocycles. The van der Waals surface area contributed by atoms with Crippen LogP contribution in [0.4, 0.5) is 5.82 Å². The minimum atomic E-state index is -5.46. The van der Waals surface area contributed by atoms with Crippen molar-refractivity contribution in [3.8, 4) is 0 Å².